The molecule has 2 heterocycles. The summed E-state index contributed by atoms with van der Waals surface area (Å²) in [6.07, 6.45) is 4.50. The minimum atomic E-state index is -2.95. The Morgan fingerprint density at radius 3 is 2.50 bits per heavy atom. The average Bonchev–Trinajstić information content (AvgIpc) is 3.05. The molecule has 0 bridgehead atoms. The van der Waals surface area contributed by atoms with Crippen molar-refractivity contribution in [3.63, 3.8) is 0 Å². The molecule has 2 amide bonds. The van der Waals surface area contributed by atoms with Gasteiger partial charge in [0.1, 0.15) is 21.7 Å². The quantitative estimate of drug-likeness (QED) is 0.881. The fourth-order valence-corrected chi connectivity index (χ4v) is 4.72. The Hall–Kier alpha value is -2.35. The summed E-state index contributed by atoms with van der Waals surface area (Å²) in [5.74, 6) is 1.01. The molecule has 3 rings (SSSR count). The molecule has 0 spiro atoms. The number of nitrogens with zero attached hydrogens (tertiary/aromatic N) is 3. The van der Waals surface area contributed by atoms with Crippen molar-refractivity contribution >= 4 is 15.9 Å². The molecule has 1 N–H and O–H groups in total. The number of urea groups is 1. The molecule has 0 radical (unpaired) electrons. The van der Waals surface area contributed by atoms with E-state index >= 15 is 0 Å². The fourth-order valence-electron chi connectivity index (χ4n) is 3.25. The van der Waals surface area contributed by atoms with Gasteiger partial charge in [0, 0.05) is 32.5 Å². The van der Waals surface area contributed by atoms with Crippen LogP contribution < -0.4 is 5.32 Å². The predicted molar refractivity (Wildman–Crippen MR) is 99.5 cm³/mol. The molecule has 8 heteroatoms. The van der Waals surface area contributed by atoms with Gasteiger partial charge in [0.15, 0.2) is 0 Å². The maximum atomic E-state index is 12.8. The molecular formula is C18H24N4O3S. The standard InChI is InChI=1S/C18H24N4O3S/c1-21-11-10-19-17(21)16(14-6-4-3-5-7-14)20-18(23)22(2)15-8-12-26(24,25)13-9-15/h3-7,10-11,15-16H,8-9,12-13H2,1-2H3,(H,20,23). The van der Waals surface area contributed by atoms with Crippen LogP contribution in [0.15, 0.2) is 42.7 Å². The van der Waals surface area contributed by atoms with Crippen molar-refractivity contribution in [3.8, 4) is 0 Å². The van der Waals surface area contributed by atoms with Gasteiger partial charge in [0.05, 0.1) is 11.5 Å². The van der Waals surface area contributed by atoms with Crippen molar-refractivity contribution in [3.05, 3.63) is 54.1 Å². The third-order valence-corrected chi connectivity index (χ3v) is 6.63. The van der Waals surface area contributed by atoms with E-state index in [-0.39, 0.29) is 29.6 Å². The summed E-state index contributed by atoms with van der Waals surface area (Å²) in [6, 6.07) is 9.00. The topological polar surface area (TPSA) is 84.3 Å². The summed E-state index contributed by atoms with van der Waals surface area (Å²) in [5, 5.41) is 3.05. The molecule has 1 aromatic heterocycles. The molecule has 7 nitrogen and oxygen atoms in total. The molecule has 26 heavy (non-hydrogen) atoms. The molecule has 1 aliphatic rings. The van der Waals surface area contributed by atoms with Crippen molar-refractivity contribution in [2.24, 2.45) is 7.05 Å². The number of hydrogen-bond donors (Lipinski definition) is 1. The lowest BCUT2D eigenvalue weighted by Gasteiger charge is -2.32. The van der Waals surface area contributed by atoms with E-state index in [1.54, 1.807) is 18.1 Å². The Kier molecular flexibility index (Phi) is 5.31. The molecule has 0 saturated carbocycles. The van der Waals surface area contributed by atoms with E-state index in [4.69, 9.17) is 0 Å². The van der Waals surface area contributed by atoms with E-state index in [0.29, 0.717) is 12.8 Å². The van der Waals surface area contributed by atoms with Crippen LogP contribution in [-0.2, 0) is 16.9 Å². The molecule has 1 fully saturated rings. The Morgan fingerprint density at radius 1 is 1.27 bits per heavy atom. The van der Waals surface area contributed by atoms with Crippen molar-refractivity contribution < 1.29 is 13.2 Å². The highest BCUT2D eigenvalue weighted by Crippen LogP contribution is 2.22. The second-order valence-corrected chi connectivity index (χ2v) is 8.99. The van der Waals surface area contributed by atoms with Gasteiger partial charge in [-0.3, -0.25) is 0 Å². The lowest BCUT2D eigenvalue weighted by molar-refractivity contribution is 0.183. The van der Waals surface area contributed by atoms with Crippen molar-refractivity contribution in [2.75, 3.05) is 18.6 Å². The van der Waals surface area contributed by atoms with Gasteiger partial charge in [0.2, 0.25) is 0 Å². The number of benzene rings is 1. The van der Waals surface area contributed by atoms with Crippen LogP contribution in [0.3, 0.4) is 0 Å². The Morgan fingerprint density at radius 2 is 1.92 bits per heavy atom. The van der Waals surface area contributed by atoms with Crippen molar-refractivity contribution in [1.29, 1.82) is 0 Å². The van der Waals surface area contributed by atoms with Crippen LogP contribution in [0, 0.1) is 0 Å². The Bertz CT molecular complexity index is 850. The summed E-state index contributed by atoms with van der Waals surface area (Å²) in [7, 11) is 0.656. The molecule has 1 unspecified atom stereocenters. The Labute approximate surface area is 154 Å². The summed E-state index contributed by atoms with van der Waals surface area (Å²) in [6.45, 7) is 0. The maximum absolute atomic E-state index is 12.8. The van der Waals surface area contributed by atoms with E-state index < -0.39 is 9.84 Å². The van der Waals surface area contributed by atoms with E-state index in [2.05, 4.69) is 10.3 Å². The number of aromatic nitrogens is 2. The highest BCUT2D eigenvalue weighted by molar-refractivity contribution is 7.91. The second-order valence-electron chi connectivity index (χ2n) is 6.68. The number of nitrogens with one attached hydrogen (secondary N) is 1. The van der Waals surface area contributed by atoms with Gasteiger partial charge >= 0.3 is 6.03 Å². The normalized spacial score (nSPS) is 18.2. The summed E-state index contributed by atoms with van der Waals surface area (Å²) < 4.78 is 25.1. The van der Waals surface area contributed by atoms with E-state index in [1.807, 2.05) is 48.1 Å². The number of imidazole rings is 1. The lowest BCUT2D eigenvalue weighted by atomic mass is 10.1. The lowest BCUT2D eigenvalue weighted by Crippen LogP contribution is -2.48. The van der Waals surface area contributed by atoms with Gasteiger partial charge in [-0.2, -0.15) is 0 Å². The molecule has 1 aliphatic heterocycles. The summed E-state index contributed by atoms with van der Waals surface area (Å²) in [4.78, 5) is 18.8. The van der Waals surface area contributed by atoms with Crippen LogP contribution in [0.25, 0.3) is 0 Å². The van der Waals surface area contributed by atoms with Crippen molar-refractivity contribution in [2.45, 2.75) is 24.9 Å². The van der Waals surface area contributed by atoms with Gasteiger partial charge in [-0.1, -0.05) is 30.3 Å². The zero-order valence-corrected chi connectivity index (χ0v) is 15.8. The average molecular weight is 376 g/mol. The number of carbonyl (C=O) groups is 1. The van der Waals surface area contributed by atoms with Crippen LogP contribution in [0.1, 0.15) is 30.3 Å². The molecule has 1 atom stereocenters. The van der Waals surface area contributed by atoms with Crippen LogP contribution in [0.5, 0.6) is 0 Å². The smallest absolute Gasteiger partial charge is 0.318 e. The molecular weight excluding hydrogens is 352 g/mol. The molecule has 1 aromatic carbocycles. The Balaban J connectivity index is 1.77. The minimum absolute atomic E-state index is 0.0729. The zero-order valence-electron chi connectivity index (χ0n) is 15.0. The minimum Gasteiger partial charge on any atom is -0.336 e. The van der Waals surface area contributed by atoms with Gasteiger partial charge in [-0.05, 0) is 18.4 Å². The second kappa shape index (κ2) is 7.49. The van der Waals surface area contributed by atoms with Gasteiger partial charge in [0.25, 0.3) is 0 Å². The van der Waals surface area contributed by atoms with Gasteiger partial charge in [-0.25, -0.2) is 18.2 Å². The number of amides is 2. The summed E-state index contributed by atoms with van der Waals surface area (Å²) in [5.41, 5.74) is 0.940. The predicted octanol–water partition coefficient (Wildman–Crippen LogP) is 1.73. The fraction of sp³-hybridized carbons (Fsp3) is 0.444. The number of aryl methyl sites for hydroxylation is 1. The zero-order chi connectivity index (χ0) is 18.7. The molecule has 0 aliphatic carbocycles. The first-order chi connectivity index (χ1) is 12.4. The van der Waals surface area contributed by atoms with Gasteiger partial charge in [-0.15, -0.1) is 0 Å². The third-order valence-electron chi connectivity index (χ3n) is 4.91. The number of hydrogen-bond acceptors (Lipinski definition) is 4. The van der Waals surface area contributed by atoms with Crippen molar-refractivity contribution in [1.82, 2.24) is 19.8 Å². The molecule has 140 valence electrons. The van der Waals surface area contributed by atoms with Crippen LogP contribution >= 0.6 is 0 Å². The first-order valence-electron chi connectivity index (χ1n) is 8.63. The number of carbonyl (C=O) groups excluding carboxylic acids is 1. The largest absolute Gasteiger partial charge is 0.336 e. The number of rotatable bonds is 4. The third kappa shape index (κ3) is 4.07. The SMILES string of the molecule is CN(C(=O)NC(c1ccccc1)c1nccn1C)C1CCS(=O)(=O)CC1. The van der Waals surface area contributed by atoms with E-state index in [1.165, 1.54) is 0 Å². The highest BCUT2D eigenvalue weighted by atomic mass is 32.2. The van der Waals surface area contributed by atoms with Crippen LogP contribution in [0.4, 0.5) is 4.79 Å². The van der Waals surface area contributed by atoms with Crippen LogP contribution in [-0.4, -0.2) is 53.5 Å². The maximum Gasteiger partial charge on any atom is 0.318 e. The number of sulfone groups is 1. The van der Waals surface area contributed by atoms with E-state index in [9.17, 15) is 13.2 Å². The van der Waals surface area contributed by atoms with E-state index in [0.717, 1.165) is 11.4 Å². The first kappa shape index (κ1) is 18.4. The van der Waals surface area contributed by atoms with Gasteiger partial charge < -0.3 is 14.8 Å². The first-order valence-corrected chi connectivity index (χ1v) is 10.5. The summed E-state index contributed by atoms with van der Waals surface area (Å²) >= 11 is 0. The molecule has 2 aromatic rings. The monoisotopic (exact) mass is 376 g/mol. The molecule has 1 saturated heterocycles. The highest BCUT2D eigenvalue weighted by Gasteiger charge is 2.30. The van der Waals surface area contributed by atoms with Crippen LogP contribution in [0.2, 0.25) is 0 Å².